The average Bonchev–Trinajstić information content (AvgIpc) is 3.50. The van der Waals surface area contributed by atoms with Crippen molar-refractivity contribution in [2.24, 2.45) is 5.92 Å². The Balaban J connectivity index is 1.25. The smallest absolute Gasteiger partial charge is 0.275 e. The topological polar surface area (TPSA) is 110 Å². The highest BCUT2D eigenvalue weighted by atomic mass is 32.1. The zero-order valence-electron chi connectivity index (χ0n) is 19.0. The largest absolute Gasteiger partial charge is 0.490 e. The van der Waals surface area contributed by atoms with Crippen LogP contribution in [0.2, 0.25) is 0 Å². The highest BCUT2D eigenvalue weighted by Crippen LogP contribution is 2.33. The number of thiazole rings is 1. The molecule has 1 aromatic carbocycles. The molecule has 3 heterocycles. The highest BCUT2D eigenvalue weighted by Gasteiger charge is 2.39. The van der Waals surface area contributed by atoms with Crippen LogP contribution in [0.3, 0.4) is 0 Å². The molecule has 1 saturated heterocycles. The molecule has 0 spiro atoms. The summed E-state index contributed by atoms with van der Waals surface area (Å²) in [6.07, 6.45) is 3.65. The van der Waals surface area contributed by atoms with Crippen molar-refractivity contribution in [3.63, 3.8) is 0 Å². The molecule has 2 aromatic rings. The Morgan fingerprint density at radius 3 is 2.85 bits per heavy atom. The van der Waals surface area contributed by atoms with Gasteiger partial charge in [-0.1, -0.05) is 0 Å². The molecule has 5 rings (SSSR count). The number of carbonyl (C=O) groups excluding carboxylic acids is 3. The van der Waals surface area contributed by atoms with Crippen LogP contribution >= 0.6 is 11.3 Å². The van der Waals surface area contributed by atoms with Crippen LogP contribution in [0, 0.1) is 5.92 Å². The first-order valence-electron chi connectivity index (χ1n) is 11.6. The molecule has 0 radical (unpaired) electrons. The summed E-state index contributed by atoms with van der Waals surface area (Å²) in [6, 6.07) is 4.86. The van der Waals surface area contributed by atoms with Crippen LogP contribution in [0.1, 0.15) is 53.0 Å². The van der Waals surface area contributed by atoms with Gasteiger partial charge < -0.3 is 25.0 Å². The average molecular weight is 485 g/mol. The standard InChI is InChI=1S/C24H28N4O5S/c1-28-19-6-5-16(9-22(29)25-10-14-2-3-14)33-21(19)11-32-20-7-4-15(8-17(20)24(28)31)27-23(30)18-12-34-13-26-18/h4,7-8,12-14,16,19,21H,2-3,5-6,9-11H2,1H3,(H,25,29)(H,27,30)/t16-,19-,21+/m1/s1. The fourth-order valence-corrected chi connectivity index (χ4v) is 5.02. The quantitative estimate of drug-likeness (QED) is 0.653. The van der Waals surface area contributed by atoms with Gasteiger partial charge in [0.2, 0.25) is 5.91 Å². The number of aromatic nitrogens is 1. The molecule has 10 heteroatoms. The Morgan fingerprint density at radius 2 is 2.09 bits per heavy atom. The summed E-state index contributed by atoms with van der Waals surface area (Å²) in [5.41, 5.74) is 2.81. The summed E-state index contributed by atoms with van der Waals surface area (Å²) in [4.78, 5) is 43.7. The third-order valence-corrected chi connectivity index (χ3v) is 7.22. The van der Waals surface area contributed by atoms with Gasteiger partial charge in [0.05, 0.1) is 29.6 Å². The number of nitrogens with one attached hydrogen (secondary N) is 2. The lowest BCUT2D eigenvalue weighted by molar-refractivity contribution is -0.134. The van der Waals surface area contributed by atoms with Crippen molar-refractivity contribution in [2.75, 3.05) is 25.5 Å². The Morgan fingerprint density at radius 1 is 1.24 bits per heavy atom. The molecule has 180 valence electrons. The number of amides is 3. The van der Waals surface area contributed by atoms with E-state index < -0.39 is 0 Å². The van der Waals surface area contributed by atoms with Crippen molar-refractivity contribution in [3.8, 4) is 5.75 Å². The van der Waals surface area contributed by atoms with E-state index in [-0.39, 0.29) is 42.6 Å². The zero-order chi connectivity index (χ0) is 23.7. The molecule has 9 nitrogen and oxygen atoms in total. The molecule has 3 atom stereocenters. The van der Waals surface area contributed by atoms with Crippen LogP contribution in [0.5, 0.6) is 5.75 Å². The lowest BCUT2D eigenvalue weighted by Crippen LogP contribution is -2.54. The maximum absolute atomic E-state index is 13.3. The molecule has 3 amide bonds. The summed E-state index contributed by atoms with van der Waals surface area (Å²) in [5, 5.41) is 7.44. The van der Waals surface area contributed by atoms with Crippen LogP contribution < -0.4 is 15.4 Å². The van der Waals surface area contributed by atoms with E-state index in [0.717, 1.165) is 13.0 Å². The third-order valence-electron chi connectivity index (χ3n) is 6.63. The van der Waals surface area contributed by atoms with Crippen molar-refractivity contribution in [1.29, 1.82) is 0 Å². The molecule has 1 saturated carbocycles. The normalized spacial score (nSPS) is 24.2. The molecule has 0 bridgehead atoms. The van der Waals surface area contributed by atoms with Crippen LogP contribution in [0.25, 0.3) is 0 Å². The minimum atomic E-state index is -0.332. The number of rotatable bonds is 6. The van der Waals surface area contributed by atoms with Gasteiger partial charge in [-0.15, -0.1) is 11.3 Å². The number of nitrogens with zero attached hydrogens (tertiary/aromatic N) is 2. The van der Waals surface area contributed by atoms with Gasteiger partial charge >= 0.3 is 0 Å². The number of anilines is 1. The fraction of sp³-hybridized carbons (Fsp3) is 0.500. The van der Waals surface area contributed by atoms with Crippen molar-refractivity contribution in [3.05, 3.63) is 40.3 Å². The SMILES string of the molecule is CN1C(=O)c2cc(NC(=O)c3cscn3)ccc2OC[C@@H]2O[C@@H](CC(=O)NCC3CC3)CC[C@H]21. The first kappa shape index (κ1) is 22.8. The number of likely N-dealkylation sites (N-methyl/N-ethyl adjacent to an activating group) is 1. The molecule has 2 aliphatic heterocycles. The van der Waals surface area contributed by atoms with E-state index in [1.165, 1.54) is 24.2 Å². The van der Waals surface area contributed by atoms with E-state index in [1.807, 2.05) is 0 Å². The van der Waals surface area contributed by atoms with Gasteiger partial charge in [0.1, 0.15) is 24.2 Å². The molecule has 3 aliphatic rings. The minimum Gasteiger partial charge on any atom is -0.490 e. The first-order chi connectivity index (χ1) is 16.5. The van der Waals surface area contributed by atoms with Gasteiger partial charge in [-0.25, -0.2) is 4.98 Å². The first-order valence-corrected chi connectivity index (χ1v) is 12.6. The second-order valence-corrected chi connectivity index (χ2v) is 9.88. The minimum absolute atomic E-state index is 0.0177. The van der Waals surface area contributed by atoms with Crippen molar-refractivity contribution < 1.29 is 23.9 Å². The monoisotopic (exact) mass is 484 g/mol. The van der Waals surface area contributed by atoms with Crippen LogP contribution in [0.15, 0.2) is 29.1 Å². The molecular formula is C24H28N4O5S. The van der Waals surface area contributed by atoms with Crippen molar-refractivity contribution in [1.82, 2.24) is 15.2 Å². The number of carbonyl (C=O) groups is 3. The van der Waals surface area contributed by atoms with E-state index in [9.17, 15) is 14.4 Å². The molecule has 34 heavy (non-hydrogen) atoms. The summed E-state index contributed by atoms with van der Waals surface area (Å²) in [6.45, 7) is 1.03. The van der Waals surface area contributed by atoms with E-state index in [1.54, 1.807) is 41.0 Å². The molecule has 1 aromatic heterocycles. The predicted octanol–water partition coefficient (Wildman–Crippen LogP) is 2.69. The van der Waals surface area contributed by atoms with Crippen LogP contribution in [0.4, 0.5) is 5.69 Å². The number of hydrogen-bond donors (Lipinski definition) is 2. The summed E-state index contributed by atoms with van der Waals surface area (Å²) in [7, 11) is 1.77. The van der Waals surface area contributed by atoms with Gasteiger partial charge in [0.15, 0.2) is 0 Å². The number of fused-ring (bicyclic) bond motifs is 2. The maximum Gasteiger partial charge on any atom is 0.275 e. The number of benzene rings is 1. The summed E-state index contributed by atoms with van der Waals surface area (Å²) >= 11 is 1.34. The van der Waals surface area contributed by atoms with Crippen LogP contribution in [-0.4, -0.2) is 66.1 Å². The Labute approximate surface area is 201 Å². The summed E-state index contributed by atoms with van der Waals surface area (Å²) in [5.74, 6) is 0.569. The van der Waals surface area contributed by atoms with Gasteiger partial charge in [0, 0.05) is 24.7 Å². The Hall–Kier alpha value is -2.98. The van der Waals surface area contributed by atoms with E-state index >= 15 is 0 Å². The second-order valence-electron chi connectivity index (χ2n) is 9.16. The fourth-order valence-electron chi connectivity index (χ4n) is 4.48. The van der Waals surface area contributed by atoms with E-state index in [0.29, 0.717) is 41.5 Å². The molecule has 2 N–H and O–H groups in total. The molecule has 1 aliphatic carbocycles. The van der Waals surface area contributed by atoms with Gasteiger partial charge in [-0.05, 0) is 49.8 Å². The van der Waals surface area contributed by atoms with Gasteiger partial charge in [0.25, 0.3) is 11.8 Å². The number of ether oxygens (including phenoxy) is 2. The summed E-state index contributed by atoms with van der Waals surface area (Å²) < 4.78 is 12.2. The van der Waals surface area contributed by atoms with E-state index in [4.69, 9.17) is 9.47 Å². The van der Waals surface area contributed by atoms with Gasteiger partial charge in [-0.2, -0.15) is 0 Å². The van der Waals surface area contributed by atoms with E-state index in [2.05, 4.69) is 15.6 Å². The molecular weight excluding hydrogens is 456 g/mol. The molecule has 2 fully saturated rings. The van der Waals surface area contributed by atoms with Crippen molar-refractivity contribution in [2.45, 2.75) is 50.4 Å². The lowest BCUT2D eigenvalue weighted by atomic mass is 9.94. The van der Waals surface area contributed by atoms with Gasteiger partial charge in [-0.3, -0.25) is 14.4 Å². The Bertz CT molecular complexity index is 1070. The zero-order valence-corrected chi connectivity index (χ0v) is 19.8. The van der Waals surface area contributed by atoms with Crippen LogP contribution in [-0.2, 0) is 9.53 Å². The second kappa shape index (κ2) is 9.71. The maximum atomic E-state index is 13.3. The highest BCUT2D eigenvalue weighted by molar-refractivity contribution is 7.07. The number of hydrogen-bond acceptors (Lipinski definition) is 7. The Kier molecular flexibility index (Phi) is 6.51. The third kappa shape index (κ3) is 5.07. The lowest BCUT2D eigenvalue weighted by Gasteiger charge is -2.42. The predicted molar refractivity (Wildman–Crippen MR) is 126 cm³/mol. The van der Waals surface area contributed by atoms with Crippen molar-refractivity contribution >= 4 is 34.7 Å². The molecule has 0 unspecified atom stereocenters.